The SMILES string of the molecule is CN1CCc2cc(Cl)c(O)cc2C(c2cccc(NC(=O)c3ccc([18F])cc3)c2)C1. The van der Waals surface area contributed by atoms with Crippen LogP contribution in [0.3, 0.4) is 0 Å². The highest BCUT2D eigenvalue weighted by Gasteiger charge is 2.24. The third-order valence-corrected chi connectivity index (χ3v) is 5.80. The Morgan fingerprint density at radius 3 is 2.70 bits per heavy atom. The molecule has 0 bridgehead atoms. The third-order valence-electron chi connectivity index (χ3n) is 5.49. The highest BCUT2D eigenvalue weighted by Crippen LogP contribution is 2.37. The lowest BCUT2D eigenvalue weighted by molar-refractivity contribution is 0.102. The molecule has 4 rings (SSSR count). The normalized spacial score (nSPS) is 16.6. The van der Waals surface area contributed by atoms with Crippen molar-refractivity contribution in [2.45, 2.75) is 12.3 Å². The fraction of sp³-hybridized carbons (Fsp3) is 0.208. The number of hydrogen-bond donors (Lipinski definition) is 2. The topological polar surface area (TPSA) is 52.6 Å². The fourth-order valence-corrected chi connectivity index (χ4v) is 4.08. The van der Waals surface area contributed by atoms with Crippen LogP contribution in [0.15, 0.2) is 60.7 Å². The Morgan fingerprint density at radius 2 is 1.93 bits per heavy atom. The number of halogens is 2. The highest BCUT2D eigenvalue weighted by atomic mass is 35.5. The number of hydrogen-bond acceptors (Lipinski definition) is 3. The number of phenols is 1. The van der Waals surface area contributed by atoms with Crippen LogP contribution < -0.4 is 5.32 Å². The number of fused-ring (bicyclic) bond motifs is 1. The number of benzene rings is 3. The van der Waals surface area contributed by atoms with Crippen LogP contribution in [0.2, 0.25) is 5.02 Å². The molecule has 1 unspecified atom stereocenters. The molecule has 0 radical (unpaired) electrons. The smallest absolute Gasteiger partial charge is 0.255 e. The first-order valence-corrected chi connectivity index (χ1v) is 10.1. The summed E-state index contributed by atoms with van der Waals surface area (Å²) >= 11 is 6.14. The average molecular weight is 424 g/mol. The minimum absolute atomic E-state index is 0.0262. The summed E-state index contributed by atoms with van der Waals surface area (Å²) in [6.45, 7) is 1.68. The van der Waals surface area contributed by atoms with E-state index >= 15 is 0 Å². The first-order chi connectivity index (χ1) is 14.4. The van der Waals surface area contributed by atoms with Crippen LogP contribution in [0, 0.1) is 5.82 Å². The summed E-state index contributed by atoms with van der Waals surface area (Å²) in [6.07, 6.45) is 0.851. The van der Waals surface area contributed by atoms with E-state index in [2.05, 4.69) is 17.3 Å². The van der Waals surface area contributed by atoms with E-state index in [0.717, 1.165) is 36.2 Å². The monoisotopic (exact) mass is 423 g/mol. The molecule has 1 atom stereocenters. The maximum atomic E-state index is 13.1. The summed E-state index contributed by atoms with van der Waals surface area (Å²) in [5, 5.41) is 13.4. The molecule has 1 heterocycles. The van der Waals surface area contributed by atoms with Crippen LogP contribution in [-0.4, -0.2) is 36.1 Å². The van der Waals surface area contributed by atoms with Crippen molar-refractivity contribution in [1.29, 1.82) is 0 Å². The van der Waals surface area contributed by atoms with E-state index in [1.807, 2.05) is 30.3 Å². The van der Waals surface area contributed by atoms with Crippen LogP contribution in [0.5, 0.6) is 5.75 Å². The minimum Gasteiger partial charge on any atom is -0.506 e. The van der Waals surface area contributed by atoms with Gasteiger partial charge in [0.2, 0.25) is 0 Å². The standard InChI is InChI=1S/C24H22ClFN2O2/c1-28-10-9-17-12-22(25)23(29)13-20(17)21(14-28)16-3-2-4-19(11-16)27-24(30)15-5-7-18(26)8-6-15/h2-8,11-13,21,29H,9-10,14H2,1H3,(H,27,30)/i26-1. The summed E-state index contributed by atoms with van der Waals surface area (Å²) in [5.41, 5.74) is 4.24. The number of anilines is 1. The molecule has 154 valence electrons. The van der Waals surface area contributed by atoms with Gasteiger partial charge in [-0.2, -0.15) is 0 Å². The molecule has 3 aromatic rings. The van der Waals surface area contributed by atoms with E-state index in [-0.39, 0.29) is 23.4 Å². The van der Waals surface area contributed by atoms with Crippen molar-refractivity contribution >= 4 is 23.2 Å². The molecule has 0 saturated heterocycles. The molecule has 2 N–H and O–H groups in total. The summed E-state index contributed by atoms with van der Waals surface area (Å²) in [6, 6.07) is 16.7. The Morgan fingerprint density at radius 1 is 1.17 bits per heavy atom. The number of phenolic OH excluding ortho intramolecular Hbond substituents is 1. The number of carbonyl (C=O) groups is 1. The molecule has 0 aromatic heterocycles. The molecule has 1 aliphatic rings. The Hall–Kier alpha value is -2.89. The molecule has 6 heteroatoms. The van der Waals surface area contributed by atoms with Crippen LogP contribution in [0.25, 0.3) is 0 Å². The van der Waals surface area contributed by atoms with Crippen LogP contribution >= 0.6 is 11.6 Å². The largest absolute Gasteiger partial charge is 0.506 e. The molecule has 1 aliphatic heterocycles. The van der Waals surface area contributed by atoms with E-state index < -0.39 is 0 Å². The van der Waals surface area contributed by atoms with Crippen LogP contribution in [0.4, 0.5) is 10.1 Å². The van der Waals surface area contributed by atoms with Gasteiger partial charge in [0.1, 0.15) is 11.6 Å². The van der Waals surface area contributed by atoms with Crippen LogP contribution in [0.1, 0.15) is 33.0 Å². The lowest BCUT2D eigenvalue weighted by Gasteiger charge is -2.23. The summed E-state index contributed by atoms with van der Waals surface area (Å²) in [5.74, 6) is -0.577. The van der Waals surface area contributed by atoms with Gasteiger partial charge in [-0.15, -0.1) is 0 Å². The third kappa shape index (κ3) is 4.32. The van der Waals surface area contributed by atoms with Crippen molar-refractivity contribution in [3.63, 3.8) is 0 Å². The van der Waals surface area contributed by atoms with Crippen molar-refractivity contribution in [3.05, 3.63) is 93.8 Å². The molecule has 0 saturated carbocycles. The van der Waals surface area contributed by atoms with Gasteiger partial charge in [-0.25, -0.2) is 4.39 Å². The van der Waals surface area contributed by atoms with Crippen molar-refractivity contribution in [2.75, 3.05) is 25.5 Å². The zero-order chi connectivity index (χ0) is 21.3. The second-order valence-electron chi connectivity index (χ2n) is 7.65. The number of rotatable bonds is 3. The van der Waals surface area contributed by atoms with Crippen LogP contribution in [-0.2, 0) is 6.42 Å². The van der Waals surface area contributed by atoms with Crippen molar-refractivity contribution in [1.82, 2.24) is 4.90 Å². The second kappa shape index (κ2) is 8.46. The zero-order valence-electron chi connectivity index (χ0n) is 16.5. The molecule has 0 fully saturated rings. The van der Waals surface area contributed by atoms with E-state index in [0.29, 0.717) is 16.3 Å². The average Bonchev–Trinajstić information content (AvgIpc) is 2.88. The maximum absolute atomic E-state index is 13.1. The second-order valence-corrected chi connectivity index (χ2v) is 8.06. The van der Waals surface area contributed by atoms with Crippen molar-refractivity contribution < 1.29 is 14.3 Å². The molecule has 0 spiro atoms. The van der Waals surface area contributed by atoms with Gasteiger partial charge in [0.25, 0.3) is 5.91 Å². The predicted octanol–water partition coefficient (Wildman–Crippen LogP) is 5.06. The van der Waals surface area contributed by atoms with E-state index in [1.165, 1.54) is 24.3 Å². The molecule has 4 nitrogen and oxygen atoms in total. The van der Waals surface area contributed by atoms with Crippen molar-refractivity contribution in [3.8, 4) is 5.75 Å². The van der Waals surface area contributed by atoms with E-state index in [1.54, 1.807) is 6.07 Å². The minimum atomic E-state index is -0.381. The zero-order valence-corrected chi connectivity index (χ0v) is 17.3. The number of amides is 1. The number of likely N-dealkylation sites (N-methyl/N-ethyl adjacent to an activating group) is 1. The first-order valence-electron chi connectivity index (χ1n) is 9.77. The Balaban J connectivity index is 1.65. The summed E-state index contributed by atoms with van der Waals surface area (Å²) in [4.78, 5) is 14.8. The lowest BCUT2D eigenvalue weighted by Crippen LogP contribution is -2.24. The van der Waals surface area contributed by atoms with Gasteiger partial charge in [-0.1, -0.05) is 23.7 Å². The molecule has 30 heavy (non-hydrogen) atoms. The Labute approximate surface area is 179 Å². The Bertz CT molecular complexity index is 1090. The number of nitrogens with zero attached hydrogens (tertiary/aromatic N) is 1. The maximum Gasteiger partial charge on any atom is 0.255 e. The molecular weight excluding hydrogens is 402 g/mol. The summed E-state index contributed by atoms with van der Waals surface area (Å²) < 4.78 is 13.1. The molecule has 1 amide bonds. The van der Waals surface area contributed by atoms with Gasteiger partial charge in [-0.05, 0) is 78.7 Å². The van der Waals surface area contributed by atoms with Gasteiger partial charge >= 0.3 is 0 Å². The molecular formula is C24H22ClFN2O2. The number of carbonyl (C=O) groups excluding carboxylic acids is 1. The van der Waals surface area contributed by atoms with E-state index in [9.17, 15) is 14.3 Å². The number of aromatic hydroxyl groups is 1. The van der Waals surface area contributed by atoms with Crippen molar-refractivity contribution in [2.24, 2.45) is 0 Å². The van der Waals surface area contributed by atoms with Gasteiger partial charge in [0.15, 0.2) is 0 Å². The van der Waals surface area contributed by atoms with Gasteiger partial charge < -0.3 is 15.3 Å². The van der Waals surface area contributed by atoms with Gasteiger partial charge in [0, 0.05) is 30.3 Å². The highest BCUT2D eigenvalue weighted by molar-refractivity contribution is 6.32. The fourth-order valence-electron chi connectivity index (χ4n) is 3.90. The van der Waals surface area contributed by atoms with E-state index in [4.69, 9.17) is 11.6 Å². The predicted molar refractivity (Wildman–Crippen MR) is 117 cm³/mol. The molecule has 3 aromatic carbocycles. The van der Waals surface area contributed by atoms with Gasteiger partial charge in [0.05, 0.1) is 5.02 Å². The number of nitrogens with one attached hydrogen (secondary N) is 1. The summed E-state index contributed by atoms with van der Waals surface area (Å²) in [7, 11) is 2.07. The van der Waals surface area contributed by atoms with Gasteiger partial charge in [-0.3, -0.25) is 4.79 Å². The quantitative estimate of drug-likeness (QED) is 0.619. The molecule has 0 aliphatic carbocycles. The Kier molecular flexibility index (Phi) is 5.75. The lowest BCUT2D eigenvalue weighted by atomic mass is 9.87. The first kappa shape index (κ1) is 20.4.